The summed E-state index contributed by atoms with van der Waals surface area (Å²) in [6.07, 6.45) is 3.85. The van der Waals surface area contributed by atoms with Gasteiger partial charge < -0.3 is 31.1 Å². The van der Waals surface area contributed by atoms with Gasteiger partial charge in [-0.25, -0.2) is 0 Å². The summed E-state index contributed by atoms with van der Waals surface area (Å²) in [5.74, 6) is -3.29. The second-order valence-electron chi connectivity index (χ2n) is 15.3. The van der Waals surface area contributed by atoms with Gasteiger partial charge in [-0.1, -0.05) is 122 Å². The minimum atomic E-state index is -1.13. The molecule has 0 radical (unpaired) electrons. The lowest BCUT2D eigenvalue weighted by atomic mass is 9.85. The number of benzene rings is 2. The summed E-state index contributed by atoms with van der Waals surface area (Å²) in [7, 11) is 3.14. The van der Waals surface area contributed by atoms with Gasteiger partial charge in [-0.15, -0.1) is 0 Å². The maximum atomic E-state index is 14.0. The van der Waals surface area contributed by atoms with Gasteiger partial charge in [0.25, 0.3) is 5.91 Å². The molecule has 0 bridgehead atoms. The van der Waals surface area contributed by atoms with Crippen molar-refractivity contribution in [3.8, 4) is 0 Å². The monoisotopic (exact) mass is 748 g/mol. The van der Waals surface area contributed by atoms with Crippen molar-refractivity contribution in [2.45, 2.75) is 117 Å². The Balaban J connectivity index is 0.00000325. The van der Waals surface area contributed by atoms with Crippen LogP contribution in [0.1, 0.15) is 110 Å². The van der Waals surface area contributed by atoms with Gasteiger partial charge in [0.1, 0.15) is 12.1 Å². The van der Waals surface area contributed by atoms with E-state index in [1.807, 2.05) is 45.9 Å². The van der Waals surface area contributed by atoms with Crippen LogP contribution >= 0.6 is 0 Å². The Morgan fingerprint density at radius 1 is 0.852 bits per heavy atom. The summed E-state index contributed by atoms with van der Waals surface area (Å²) in [4.78, 5) is 82.3. The molecule has 2 aromatic carbocycles. The van der Waals surface area contributed by atoms with Gasteiger partial charge in [0, 0.05) is 20.6 Å². The number of hydrogen-bond acceptors (Lipinski definition) is 7. The second kappa shape index (κ2) is 22.6. The van der Waals surface area contributed by atoms with E-state index in [-0.39, 0.29) is 18.2 Å². The van der Waals surface area contributed by atoms with Gasteiger partial charge in [0.15, 0.2) is 0 Å². The Morgan fingerprint density at radius 3 is 1.96 bits per heavy atom. The van der Waals surface area contributed by atoms with Gasteiger partial charge in [-0.05, 0) is 54.7 Å². The summed E-state index contributed by atoms with van der Waals surface area (Å²) in [6.45, 7) is 14.7. The highest BCUT2D eigenvalue weighted by molar-refractivity contribution is 6.38. The Morgan fingerprint density at radius 2 is 1.43 bits per heavy atom. The van der Waals surface area contributed by atoms with Crippen molar-refractivity contribution >= 4 is 35.3 Å². The number of nitrogens with zero attached hydrogens (tertiary/aromatic N) is 2. The average molecular weight is 749 g/mol. The number of nitrogens with one attached hydrogen (secondary N) is 4. The first-order chi connectivity index (χ1) is 25.6. The molecule has 1 aliphatic heterocycles. The molecule has 4 N–H and O–H groups in total. The summed E-state index contributed by atoms with van der Waals surface area (Å²) in [5, 5.41) is 11.2. The smallest absolute Gasteiger partial charge is 0.290 e. The minimum absolute atomic E-state index is 0.170. The number of rotatable bonds is 17. The molecule has 0 aliphatic carbocycles. The van der Waals surface area contributed by atoms with Crippen molar-refractivity contribution in [1.82, 2.24) is 31.1 Å². The second-order valence-corrected chi connectivity index (χ2v) is 15.3. The van der Waals surface area contributed by atoms with Crippen LogP contribution in [-0.4, -0.2) is 97.0 Å². The lowest BCUT2D eigenvalue weighted by molar-refractivity contribution is -0.144. The van der Waals surface area contributed by atoms with E-state index in [0.29, 0.717) is 43.8 Å². The Kier molecular flexibility index (Phi) is 19.1. The standard InChI is InChI=1S/C39H56N6O6.C3H8/c1-8-16-29(33(47)36(49)41-25-31(46)43-32(37(50)44(6)7)28-19-13-10-14-20-28)42-35(48)30-21-15-24-45(30)38(51)34(39(3,4)5)40-23-22-26(2)27-17-11-9-12-18-27;1-3-2/h9-14,17-20,26,29-30,32,34,40H,8,15-16,21-25H2,1-7H3,(H,41,49)(H,42,48)(H,43,46);3H2,1-2H3/t26?,29?,30-,32-,34?;/m0./s1. The third kappa shape index (κ3) is 14.0. The predicted octanol–water partition coefficient (Wildman–Crippen LogP) is 4.51. The summed E-state index contributed by atoms with van der Waals surface area (Å²) < 4.78 is 0. The lowest BCUT2D eigenvalue weighted by Crippen LogP contribution is -2.58. The molecule has 0 spiro atoms. The molecular weight excluding hydrogens is 684 g/mol. The van der Waals surface area contributed by atoms with E-state index in [2.05, 4.69) is 54.2 Å². The summed E-state index contributed by atoms with van der Waals surface area (Å²) in [5.41, 5.74) is 1.37. The van der Waals surface area contributed by atoms with Crippen LogP contribution in [0.25, 0.3) is 0 Å². The number of Topliss-reactive ketones (excluding diaryl/α,β-unsaturated/α-hetero) is 1. The molecule has 1 fully saturated rings. The third-order valence-corrected chi connectivity index (χ3v) is 9.22. The van der Waals surface area contributed by atoms with Crippen molar-refractivity contribution in [2.24, 2.45) is 5.41 Å². The zero-order chi connectivity index (χ0) is 40.4. The fraction of sp³-hybridized carbons (Fsp3) is 0.571. The SMILES string of the molecule is CCC.CCCC(NC(=O)[C@@H]1CCCN1C(=O)C(NCCC(C)c1ccccc1)C(C)(C)C)C(=O)C(=O)NCC(=O)N[C@H](C(=O)N(C)C)c1ccccc1. The number of amides is 5. The highest BCUT2D eigenvalue weighted by Crippen LogP contribution is 2.27. The molecule has 12 nitrogen and oxygen atoms in total. The van der Waals surface area contributed by atoms with Crippen LogP contribution in [0.5, 0.6) is 0 Å². The number of ketones is 1. The van der Waals surface area contributed by atoms with E-state index >= 15 is 0 Å². The molecule has 1 aliphatic rings. The molecule has 54 heavy (non-hydrogen) atoms. The van der Waals surface area contributed by atoms with Crippen LogP contribution < -0.4 is 21.3 Å². The van der Waals surface area contributed by atoms with Crippen LogP contribution in [0, 0.1) is 5.41 Å². The third-order valence-electron chi connectivity index (χ3n) is 9.22. The van der Waals surface area contributed by atoms with Crippen LogP contribution in [0.4, 0.5) is 0 Å². The van der Waals surface area contributed by atoms with Crippen molar-refractivity contribution in [3.05, 3.63) is 71.8 Å². The Labute approximate surface area is 322 Å². The van der Waals surface area contributed by atoms with Crippen LogP contribution in [0.2, 0.25) is 0 Å². The first-order valence-electron chi connectivity index (χ1n) is 19.3. The van der Waals surface area contributed by atoms with Crippen molar-refractivity contribution < 1.29 is 28.8 Å². The highest BCUT2D eigenvalue weighted by Gasteiger charge is 2.42. The maximum Gasteiger partial charge on any atom is 0.290 e. The minimum Gasteiger partial charge on any atom is -0.347 e. The molecule has 3 rings (SSSR count). The number of likely N-dealkylation sites (tertiary alicyclic amines) is 1. The molecule has 298 valence electrons. The average Bonchev–Trinajstić information content (AvgIpc) is 3.64. The predicted molar refractivity (Wildman–Crippen MR) is 212 cm³/mol. The molecule has 1 saturated heterocycles. The molecule has 0 aromatic heterocycles. The molecule has 1 heterocycles. The van der Waals surface area contributed by atoms with Gasteiger partial charge in [0.05, 0.1) is 18.6 Å². The number of likely N-dealkylation sites (N-methyl/N-ethyl adjacent to an activating group) is 1. The number of hydrogen-bond donors (Lipinski definition) is 4. The van der Waals surface area contributed by atoms with Gasteiger partial charge in [-0.2, -0.15) is 0 Å². The van der Waals surface area contributed by atoms with E-state index in [0.717, 1.165) is 6.42 Å². The number of carbonyl (C=O) groups excluding carboxylic acids is 6. The van der Waals surface area contributed by atoms with E-state index < -0.39 is 59.6 Å². The fourth-order valence-electron chi connectivity index (χ4n) is 6.26. The van der Waals surface area contributed by atoms with E-state index in [1.54, 1.807) is 49.3 Å². The molecule has 12 heteroatoms. The van der Waals surface area contributed by atoms with Crippen LogP contribution in [-0.2, 0) is 28.8 Å². The maximum absolute atomic E-state index is 14.0. The topological polar surface area (TPSA) is 157 Å². The fourth-order valence-corrected chi connectivity index (χ4v) is 6.26. The number of carbonyl (C=O) groups is 6. The molecule has 0 saturated carbocycles. The van der Waals surface area contributed by atoms with Gasteiger partial charge in [0.2, 0.25) is 29.4 Å². The van der Waals surface area contributed by atoms with E-state index in [1.165, 1.54) is 16.9 Å². The normalized spacial score (nSPS) is 16.1. The molecule has 5 amide bonds. The van der Waals surface area contributed by atoms with Crippen LogP contribution in [0.3, 0.4) is 0 Å². The summed E-state index contributed by atoms with van der Waals surface area (Å²) >= 11 is 0. The van der Waals surface area contributed by atoms with Crippen LogP contribution in [0.15, 0.2) is 60.7 Å². The first kappa shape index (κ1) is 45.6. The zero-order valence-corrected chi connectivity index (χ0v) is 33.9. The van der Waals surface area contributed by atoms with Crippen molar-refractivity contribution in [2.75, 3.05) is 33.7 Å². The van der Waals surface area contributed by atoms with Gasteiger partial charge in [-0.3, -0.25) is 28.8 Å². The summed E-state index contributed by atoms with van der Waals surface area (Å²) in [6, 6.07) is 15.5. The van der Waals surface area contributed by atoms with Crippen molar-refractivity contribution in [3.63, 3.8) is 0 Å². The van der Waals surface area contributed by atoms with Gasteiger partial charge >= 0.3 is 0 Å². The first-order valence-corrected chi connectivity index (χ1v) is 19.3. The lowest BCUT2D eigenvalue weighted by Gasteiger charge is -2.36. The molecule has 5 atom stereocenters. The van der Waals surface area contributed by atoms with E-state index in [4.69, 9.17) is 0 Å². The molecule has 3 unspecified atom stereocenters. The Hall–Kier alpha value is -4.58. The quantitative estimate of drug-likeness (QED) is 0.174. The van der Waals surface area contributed by atoms with E-state index in [9.17, 15) is 28.8 Å². The Bertz CT molecular complexity index is 1510. The molecule has 2 aromatic rings. The largest absolute Gasteiger partial charge is 0.347 e. The zero-order valence-electron chi connectivity index (χ0n) is 33.9. The molecular formula is C42H64N6O6. The highest BCUT2D eigenvalue weighted by atomic mass is 16.2. The van der Waals surface area contributed by atoms with Crippen molar-refractivity contribution in [1.29, 1.82) is 0 Å².